The maximum absolute atomic E-state index is 12.9. The van der Waals surface area contributed by atoms with Crippen LogP contribution in [0.4, 0.5) is 5.69 Å². The molecule has 0 unspecified atom stereocenters. The van der Waals surface area contributed by atoms with Crippen LogP contribution in [-0.4, -0.2) is 30.9 Å². The van der Waals surface area contributed by atoms with E-state index >= 15 is 0 Å². The normalized spacial score (nSPS) is 10.7. The van der Waals surface area contributed by atoms with E-state index in [-0.39, 0.29) is 11.6 Å². The summed E-state index contributed by atoms with van der Waals surface area (Å²) >= 11 is 7.41. The molecule has 2 aromatic heterocycles. The summed E-state index contributed by atoms with van der Waals surface area (Å²) in [6.45, 7) is 1.99. The Morgan fingerprint density at radius 1 is 1.07 bits per heavy atom. The number of thioether (sulfide) groups is 1. The number of hydrogen-bond donors (Lipinski definition) is 1. The van der Waals surface area contributed by atoms with Crippen LogP contribution in [0.25, 0.3) is 5.69 Å². The van der Waals surface area contributed by atoms with Gasteiger partial charge in [0.15, 0.2) is 10.9 Å². The van der Waals surface area contributed by atoms with Gasteiger partial charge < -0.3 is 5.32 Å². The fourth-order valence-corrected chi connectivity index (χ4v) is 3.64. The summed E-state index contributed by atoms with van der Waals surface area (Å²) < 4.78 is 1.64. The van der Waals surface area contributed by atoms with Crippen molar-refractivity contribution < 1.29 is 4.79 Å². The molecular weight excluding hydrogens is 420 g/mol. The largest absolute Gasteiger partial charge is 0.321 e. The molecule has 0 atom stereocenters. The summed E-state index contributed by atoms with van der Waals surface area (Å²) in [5.41, 5.74) is 3.44. The van der Waals surface area contributed by atoms with Crippen molar-refractivity contribution in [3.05, 3.63) is 89.0 Å². The first-order chi connectivity index (χ1) is 14.6. The fourth-order valence-electron chi connectivity index (χ4n) is 2.72. The van der Waals surface area contributed by atoms with Crippen LogP contribution in [0.15, 0.2) is 72.1 Å². The van der Waals surface area contributed by atoms with Crippen LogP contribution in [0.1, 0.15) is 21.7 Å². The minimum absolute atomic E-state index is 0.244. The Bertz CT molecular complexity index is 1150. The predicted octanol–water partition coefficient (Wildman–Crippen LogP) is 4.56. The predicted molar refractivity (Wildman–Crippen MR) is 117 cm³/mol. The lowest BCUT2D eigenvalue weighted by molar-refractivity contribution is 0.102. The van der Waals surface area contributed by atoms with Crippen molar-refractivity contribution in [1.82, 2.24) is 25.0 Å². The molecule has 150 valence electrons. The molecule has 0 aliphatic carbocycles. The number of amides is 1. The highest BCUT2D eigenvalue weighted by Crippen LogP contribution is 2.24. The van der Waals surface area contributed by atoms with Crippen molar-refractivity contribution in [1.29, 1.82) is 0 Å². The van der Waals surface area contributed by atoms with Crippen LogP contribution in [0.5, 0.6) is 0 Å². The Morgan fingerprint density at radius 3 is 2.47 bits per heavy atom. The average molecular weight is 437 g/mol. The van der Waals surface area contributed by atoms with Gasteiger partial charge in [-0.05, 0) is 49.4 Å². The van der Waals surface area contributed by atoms with Crippen LogP contribution in [0.3, 0.4) is 0 Å². The first kappa shape index (κ1) is 20.1. The van der Waals surface area contributed by atoms with E-state index in [1.54, 1.807) is 35.3 Å². The van der Waals surface area contributed by atoms with Gasteiger partial charge in [0.25, 0.3) is 5.91 Å². The molecule has 4 aromatic rings. The molecule has 0 aliphatic heterocycles. The molecule has 0 bridgehead atoms. The Balaban J connectivity index is 1.65. The Hall–Kier alpha value is -3.23. The number of hydrogen-bond acceptors (Lipinski definition) is 6. The van der Waals surface area contributed by atoms with E-state index in [2.05, 4.69) is 25.6 Å². The lowest BCUT2D eigenvalue weighted by Gasteiger charge is -2.09. The quantitative estimate of drug-likeness (QED) is 0.352. The maximum atomic E-state index is 12.9. The van der Waals surface area contributed by atoms with Crippen LogP contribution >= 0.6 is 23.4 Å². The molecule has 9 heteroatoms. The molecule has 4 rings (SSSR count). The van der Waals surface area contributed by atoms with Crippen molar-refractivity contribution in [2.24, 2.45) is 0 Å². The van der Waals surface area contributed by atoms with Crippen molar-refractivity contribution in [2.45, 2.75) is 17.8 Å². The van der Waals surface area contributed by atoms with E-state index in [0.717, 1.165) is 11.3 Å². The molecule has 0 spiro atoms. The second kappa shape index (κ2) is 9.06. The molecule has 2 heterocycles. The van der Waals surface area contributed by atoms with Crippen molar-refractivity contribution in [2.75, 3.05) is 5.32 Å². The molecular formula is C21H17ClN6OS. The van der Waals surface area contributed by atoms with Gasteiger partial charge in [-0.15, -0.1) is 5.10 Å². The smallest absolute Gasteiger partial charge is 0.278 e. The molecule has 0 aliphatic rings. The van der Waals surface area contributed by atoms with E-state index in [4.69, 9.17) is 11.6 Å². The van der Waals surface area contributed by atoms with Gasteiger partial charge in [0.05, 0.1) is 11.4 Å². The summed E-state index contributed by atoms with van der Waals surface area (Å²) in [5.74, 6) is 0.0830. The highest BCUT2D eigenvalue weighted by atomic mass is 35.5. The SMILES string of the molecule is Cc1ccc(NC(=O)c2nnn(-c3ccc(Cl)cc3)c2CSc2ncccn2)cc1. The second-order valence-corrected chi connectivity index (χ2v) is 7.79. The minimum atomic E-state index is -0.330. The average Bonchev–Trinajstić information content (AvgIpc) is 3.19. The van der Waals surface area contributed by atoms with E-state index in [0.29, 0.717) is 27.3 Å². The van der Waals surface area contributed by atoms with Gasteiger partial charge in [0.2, 0.25) is 0 Å². The van der Waals surface area contributed by atoms with Crippen LogP contribution in [0.2, 0.25) is 5.02 Å². The summed E-state index contributed by atoms with van der Waals surface area (Å²) in [7, 11) is 0. The molecule has 1 N–H and O–H groups in total. The lowest BCUT2D eigenvalue weighted by atomic mass is 10.2. The molecule has 0 saturated heterocycles. The van der Waals surface area contributed by atoms with Crippen molar-refractivity contribution in [3.63, 3.8) is 0 Å². The fraction of sp³-hybridized carbons (Fsp3) is 0.0952. The number of carbonyl (C=O) groups excluding carboxylic acids is 1. The number of aromatic nitrogens is 5. The first-order valence-electron chi connectivity index (χ1n) is 9.08. The Morgan fingerprint density at radius 2 is 1.77 bits per heavy atom. The number of anilines is 1. The zero-order valence-electron chi connectivity index (χ0n) is 16.0. The molecule has 7 nitrogen and oxygen atoms in total. The zero-order chi connectivity index (χ0) is 20.9. The summed E-state index contributed by atoms with van der Waals surface area (Å²) in [4.78, 5) is 21.4. The standard InChI is InChI=1S/C21H17ClN6OS/c1-14-3-7-16(8-4-14)25-20(29)19-18(13-30-21-23-11-2-12-24-21)28(27-26-19)17-9-5-15(22)6-10-17/h2-12H,13H2,1H3,(H,25,29). The number of rotatable bonds is 6. The molecule has 0 saturated carbocycles. The highest BCUT2D eigenvalue weighted by molar-refractivity contribution is 7.98. The summed E-state index contributed by atoms with van der Waals surface area (Å²) in [6, 6.07) is 16.5. The third-order valence-corrected chi connectivity index (χ3v) is 5.38. The van der Waals surface area contributed by atoms with Gasteiger partial charge in [-0.1, -0.05) is 46.3 Å². The Labute approximate surface area is 182 Å². The van der Waals surface area contributed by atoms with Gasteiger partial charge in [-0.3, -0.25) is 4.79 Å². The maximum Gasteiger partial charge on any atom is 0.278 e. The molecule has 0 fully saturated rings. The van der Waals surface area contributed by atoms with Crippen molar-refractivity contribution in [3.8, 4) is 5.69 Å². The van der Waals surface area contributed by atoms with Gasteiger partial charge in [-0.2, -0.15) is 0 Å². The topological polar surface area (TPSA) is 85.6 Å². The number of halogens is 1. The van der Waals surface area contributed by atoms with Gasteiger partial charge >= 0.3 is 0 Å². The van der Waals surface area contributed by atoms with Crippen LogP contribution in [-0.2, 0) is 5.75 Å². The summed E-state index contributed by atoms with van der Waals surface area (Å²) in [6.07, 6.45) is 3.35. The highest BCUT2D eigenvalue weighted by Gasteiger charge is 2.21. The first-order valence-corrected chi connectivity index (χ1v) is 10.4. The summed E-state index contributed by atoms with van der Waals surface area (Å²) in [5, 5.41) is 12.5. The van der Waals surface area contributed by atoms with Crippen molar-refractivity contribution >= 4 is 35.0 Å². The van der Waals surface area contributed by atoms with Gasteiger partial charge in [0, 0.05) is 28.9 Å². The molecule has 0 radical (unpaired) electrons. The van der Waals surface area contributed by atoms with E-state index in [1.165, 1.54) is 11.8 Å². The number of nitrogens with zero attached hydrogens (tertiary/aromatic N) is 5. The zero-order valence-corrected chi connectivity index (χ0v) is 17.6. The monoisotopic (exact) mass is 436 g/mol. The van der Waals surface area contributed by atoms with Gasteiger partial charge in [-0.25, -0.2) is 14.6 Å². The second-order valence-electron chi connectivity index (χ2n) is 6.41. The Kier molecular flexibility index (Phi) is 6.06. The lowest BCUT2D eigenvalue weighted by Crippen LogP contribution is -2.15. The van der Waals surface area contributed by atoms with Crippen LogP contribution < -0.4 is 5.32 Å². The van der Waals surface area contributed by atoms with E-state index in [9.17, 15) is 4.79 Å². The van der Waals surface area contributed by atoms with Gasteiger partial charge in [0.1, 0.15) is 0 Å². The molecule has 1 amide bonds. The molecule has 2 aromatic carbocycles. The third kappa shape index (κ3) is 4.67. The van der Waals surface area contributed by atoms with E-state index in [1.807, 2.05) is 43.3 Å². The number of nitrogens with one attached hydrogen (secondary N) is 1. The van der Waals surface area contributed by atoms with Crippen LogP contribution in [0, 0.1) is 6.92 Å². The number of carbonyl (C=O) groups is 1. The molecule has 30 heavy (non-hydrogen) atoms. The number of aryl methyl sites for hydroxylation is 1. The minimum Gasteiger partial charge on any atom is -0.321 e. The number of benzene rings is 2. The van der Waals surface area contributed by atoms with E-state index < -0.39 is 0 Å². The third-order valence-electron chi connectivity index (χ3n) is 4.24.